The third-order valence-electron chi connectivity index (χ3n) is 0. The second-order valence-corrected chi connectivity index (χ2v) is 0.274. The van der Waals surface area contributed by atoms with Crippen LogP contribution in [0.5, 0.6) is 0 Å². The fourth-order valence-electron chi connectivity index (χ4n) is 0. The molecule has 1 unspecified atom stereocenters. The molecule has 10 heavy (non-hydrogen) atoms. The topological polar surface area (TPSA) is 226 Å². The van der Waals surface area contributed by atoms with Gasteiger partial charge in [0, 0.05) is 0 Å². The Bertz CT molecular complexity index is 24.5. The molecule has 1 atom stereocenters. The van der Waals surface area contributed by atoms with E-state index in [9.17, 15) is 0 Å². The van der Waals surface area contributed by atoms with Gasteiger partial charge in [-0.3, -0.25) is 0 Å². The molecular formula is H16MgO8P+. The fourth-order valence-corrected chi connectivity index (χ4v) is 0. The predicted octanol–water partition coefficient (Wildman–Crippen LogP) is -5.19. The Morgan fingerprint density at radius 2 is 0.900 bits per heavy atom. The summed E-state index contributed by atoms with van der Waals surface area (Å²) in [4.78, 5) is 7.04. The van der Waals surface area contributed by atoms with Gasteiger partial charge >= 0.3 is 31.7 Å². The van der Waals surface area contributed by atoms with Gasteiger partial charge in [0.25, 0.3) is 0 Å². The summed E-state index contributed by atoms with van der Waals surface area (Å²) >= 11 is 0. The van der Waals surface area contributed by atoms with E-state index in [1.807, 2.05) is 0 Å². The van der Waals surface area contributed by atoms with Crippen LogP contribution in [0.4, 0.5) is 0 Å². The third-order valence-corrected chi connectivity index (χ3v) is 0. The molecule has 0 aromatic rings. The Hall–Kier alpha value is 0.586. The normalized spacial score (nSPS) is 2.10. The number of hydrogen-bond donors (Lipinski definition) is 1. The molecule has 0 aromatic heterocycles. The molecular weight excluding hydrogens is 183 g/mol. The zero-order valence-corrected chi connectivity index (χ0v) is 7.48. The van der Waals surface area contributed by atoms with Crippen molar-refractivity contribution in [2.24, 2.45) is 0 Å². The molecule has 0 aliphatic carbocycles. The summed E-state index contributed by atoms with van der Waals surface area (Å²) in [5.74, 6) is 0. The van der Waals surface area contributed by atoms with Gasteiger partial charge in [-0.15, -0.1) is 0 Å². The Kier molecular flexibility index (Phi) is 4090. The van der Waals surface area contributed by atoms with Crippen LogP contribution in [-0.2, 0) is 4.57 Å². The van der Waals surface area contributed by atoms with Crippen LogP contribution in [-0.4, -0.2) is 60.8 Å². The van der Waals surface area contributed by atoms with E-state index in [1.54, 1.807) is 0 Å². The average molecular weight is 199 g/mol. The minimum atomic E-state index is -1.17. The van der Waals surface area contributed by atoms with E-state index in [4.69, 9.17) is 9.46 Å². The molecule has 10 heteroatoms. The number of rotatable bonds is 0. The van der Waals surface area contributed by atoms with Crippen molar-refractivity contribution in [3.05, 3.63) is 0 Å². The monoisotopic (exact) mass is 199 g/mol. The van der Waals surface area contributed by atoms with Gasteiger partial charge in [0.1, 0.15) is 0 Å². The molecule has 0 radical (unpaired) electrons. The molecule has 0 saturated heterocycles. The summed E-state index contributed by atoms with van der Waals surface area (Å²) < 4.78 is 8.51. The smallest absolute Gasteiger partial charge is 1.00 e. The van der Waals surface area contributed by atoms with Crippen molar-refractivity contribution < 1.29 is 45.2 Å². The average Bonchev–Trinajstić information content (AvgIpc) is 0.918. The molecule has 0 heterocycles. The minimum absolute atomic E-state index is 0. The summed E-state index contributed by atoms with van der Waals surface area (Å²) in [6.45, 7) is 0. The van der Waals surface area contributed by atoms with E-state index < -0.39 is 8.69 Å². The summed E-state index contributed by atoms with van der Waals surface area (Å²) in [5, 5.41) is 0. The van der Waals surface area contributed by atoms with E-state index >= 15 is 0 Å². The maximum atomic E-state index is 8.51. The molecule has 13 N–H and O–H groups in total. The van der Waals surface area contributed by atoms with Crippen molar-refractivity contribution in [1.82, 2.24) is 0 Å². The van der Waals surface area contributed by atoms with E-state index in [0.717, 1.165) is 0 Å². The van der Waals surface area contributed by atoms with Gasteiger partial charge in [-0.25, -0.2) is 0 Å². The van der Waals surface area contributed by atoms with Crippen LogP contribution in [0.2, 0.25) is 0 Å². The maximum absolute atomic E-state index is 8.51. The van der Waals surface area contributed by atoms with Crippen LogP contribution >= 0.6 is 8.69 Å². The molecule has 0 aromatic carbocycles. The molecule has 0 spiro atoms. The fraction of sp³-hybridized carbons (Fsp3) is 0. The van der Waals surface area contributed by atoms with Gasteiger partial charge in [-0.05, 0) is 4.57 Å². The standard InChI is InChI=1S/Mg.HO2P.6H2O.2H/c;1-3-2;;;;;;;;/h;3H;6*1H2;;/q+2;;;;;;;;2*-1/p+1. The maximum Gasteiger partial charge on any atom is 2.00 e. The second kappa shape index (κ2) is 281. The predicted molar refractivity (Wildman–Crippen MR) is 40.9 cm³/mol. The van der Waals surface area contributed by atoms with Gasteiger partial charge < -0.3 is 35.7 Å². The first kappa shape index (κ1) is 145. The van der Waals surface area contributed by atoms with Crippen molar-refractivity contribution in [3.63, 3.8) is 0 Å². The molecule has 0 aliphatic heterocycles. The molecule has 0 rings (SSSR count). The van der Waals surface area contributed by atoms with E-state index in [0.29, 0.717) is 0 Å². The van der Waals surface area contributed by atoms with Gasteiger partial charge in [-0.2, -0.15) is 4.89 Å². The molecule has 0 saturated carbocycles. The van der Waals surface area contributed by atoms with Crippen LogP contribution in [0, 0.1) is 0 Å². The first-order valence-electron chi connectivity index (χ1n) is 0.428. The summed E-state index contributed by atoms with van der Waals surface area (Å²) in [6, 6.07) is 0. The molecule has 70 valence electrons. The first-order chi connectivity index (χ1) is 1.41. The van der Waals surface area contributed by atoms with Crippen LogP contribution in [0.25, 0.3) is 0 Å². The van der Waals surface area contributed by atoms with Crippen LogP contribution < -0.4 is 0 Å². The van der Waals surface area contributed by atoms with Crippen molar-refractivity contribution in [2.75, 3.05) is 0 Å². The van der Waals surface area contributed by atoms with Crippen molar-refractivity contribution in [3.8, 4) is 0 Å². The van der Waals surface area contributed by atoms with Gasteiger partial charge in [0.05, 0.1) is 0 Å². The van der Waals surface area contributed by atoms with Crippen molar-refractivity contribution in [1.29, 1.82) is 0 Å². The summed E-state index contributed by atoms with van der Waals surface area (Å²) in [5.41, 5.74) is 0. The molecule has 0 amide bonds. The molecule has 8 nitrogen and oxygen atoms in total. The van der Waals surface area contributed by atoms with E-state index in [2.05, 4.69) is 0 Å². The molecule has 0 fully saturated rings. The third kappa shape index (κ3) is 1440. The Morgan fingerprint density at radius 3 is 0.900 bits per heavy atom. The molecule has 0 aliphatic rings. The van der Waals surface area contributed by atoms with Gasteiger partial charge in [-0.1, -0.05) is 0 Å². The van der Waals surface area contributed by atoms with E-state index in [1.165, 1.54) is 0 Å². The summed E-state index contributed by atoms with van der Waals surface area (Å²) in [6.07, 6.45) is 0. The zero-order valence-electron chi connectivity index (χ0n) is 7.06. The molecule has 0 bridgehead atoms. The second-order valence-electron chi connectivity index (χ2n) is 0.0913. The van der Waals surface area contributed by atoms with E-state index in [-0.39, 0.29) is 58.8 Å². The number of hydrogen-bond acceptors (Lipinski definition) is 1. The largest absolute Gasteiger partial charge is 2.00 e. The first-order valence-corrected chi connectivity index (χ1v) is 1.28. The quantitative estimate of drug-likeness (QED) is 0.298. The Labute approximate surface area is 77.5 Å². The van der Waals surface area contributed by atoms with Crippen molar-refractivity contribution >= 4 is 31.7 Å². The van der Waals surface area contributed by atoms with Crippen LogP contribution in [0.1, 0.15) is 2.85 Å². The van der Waals surface area contributed by atoms with Crippen molar-refractivity contribution in [2.45, 2.75) is 0 Å². The Balaban J connectivity index is -0.000000000556. The minimum Gasteiger partial charge on any atom is -1.00 e. The summed E-state index contributed by atoms with van der Waals surface area (Å²) in [7, 11) is -1.17. The zero-order chi connectivity index (χ0) is 2.71. The van der Waals surface area contributed by atoms with Crippen LogP contribution in [0.15, 0.2) is 0 Å². The Morgan fingerprint density at radius 1 is 0.900 bits per heavy atom. The van der Waals surface area contributed by atoms with Crippen LogP contribution in [0.3, 0.4) is 0 Å². The van der Waals surface area contributed by atoms with Gasteiger partial charge in [0.15, 0.2) is 0 Å². The van der Waals surface area contributed by atoms with Gasteiger partial charge in [0.2, 0.25) is 0 Å². The SMILES string of the molecule is O.O.O.O.O.O.O=[PH+]O.[H-].[H-].[Mg+2].